The van der Waals surface area contributed by atoms with Gasteiger partial charge < -0.3 is 10.2 Å². The Kier molecular flexibility index (Phi) is 4.21. The predicted octanol–water partition coefficient (Wildman–Crippen LogP) is 3.80. The lowest BCUT2D eigenvalue weighted by Crippen LogP contribution is -2.63. The maximum absolute atomic E-state index is 13.8. The Balaban J connectivity index is 2.33. The number of piperazine rings is 1. The maximum atomic E-state index is 13.8. The minimum Gasteiger partial charge on any atom is -0.365 e. The third-order valence-corrected chi connectivity index (χ3v) is 4.40. The Labute approximate surface area is 123 Å². The lowest BCUT2D eigenvalue weighted by atomic mass is 9.92. The lowest BCUT2D eigenvalue weighted by Gasteiger charge is -2.47. The Bertz CT molecular complexity index is 459. The fourth-order valence-electron chi connectivity index (χ4n) is 2.63. The molecule has 1 N–H and O–H groups in total. The standard InChI is InChI=1S/C15H22BrFN2/c1-10(2)14-8-18-15(3,4)9-19(14)11-5-6-12(16)13(17)7-11/h5-7,10,14,18H,8-9H2,1-4H3. The minimum absolute atomic E-state index is 0.0505. The minimum atomic E-state index is -0.198. The molecule has 0 spiro atoms. The summed E-state index contributed by atoms with van der Waals surface area (Å²) in [6.07, 6.45) is 0. The Hall–Kier alpha value is -0.610. The quantitative estimate of drug-likeness (QED) is 0.888. The molecule has 1 fully saturated rings. The van der Waals surface area contributed by atoms with Crippen LogP contribution in [0.25, 0.3) is 0 Å². The number of hydrogen-bond donors (Lipinski definition) is 1. The molecule has 0 aromatic heterocycles. The molecule has 1 aromatic rings. The second-order valence-electron chi connectivity index (χ2n) is 6.30. The van der Waals surface area contributed by atoms with Gasteiger partial charge in [0.25, 0.3) is 0 Å². The van der Waals surface area contributed by atoms with Crippen molar-refractivity contribution in [2.24, 2.45) is 5.92 Å². The van der Waals surface area contributed by atoms with Crippen LogP contribution in [0.5, 0.6) is 0 Å². The van der Waals surface area contributed by atoms with Gasteiger partial charge in [0.15, 0.2) is 0 Å². The molecule has 1 heterocycles. The van der Waals surface area contributed by atoms with Crippen LogP contribution in [-0.2, 0) is 0 Å². The van der Waals surface area contributed by atoms with Crippen molar-refractivity contribution in [3.05, 3.63) is 28.5 Å². The molecule has 2 nitrogen and oxygen atoms in total. The van der Waals surface area contributed by atoms with E-state index in [1.165, 1.54) is 0 Å². The first-order valence-corrected chi connectivity index (χ1v) is 7.56. The molecule has 0 bridgehead atoms. The van der Waals surface area contributed by atoms with Gasteiger partial charge in [0.2, 0.25) is 0 Å². The van der Waals surface area contributed by atoms with Crippen LogP contribution in [-0.4, -0.2) is 24.7 Å². The molecular formula is C15H22BrFN2. The normalized spacial score (nSPS) is 22.9. The molecule has 0 saturated carbocycles. The first kappa shape index (κ1) is 14.8. The largest absolute Gasteiger partial charge is 0.365 e. The zero-order valence-electron chi connectivity index (χ0n) is 12.0. The van der Waals surface area contributed by atoms with Gasteiger partial charge >= 0.3 is 0 Å². The highest BCUT2D eigenvalue weighted by molar-refractivity contribution is 9.10. The van der Waals surface area contributed by atoms with E-state index in [9.17, 15) is 4.39 Å². The third-order valence-electron chi connectivity index (χ3n) is 3.76. The number of anilines is 1. The van der Waals surface area contributed by atoms with Crippen LogP contribution >= 0.6 is 15.9 Å². The van der Waals surface area contributed by atoms with Gasteiger partial charge in [-0.05, 0) is 53.9 Å². The molecule has 1 aliphatic rings. The molecule has 1 atom stereocenters. The van der Waals surface area contributed by atoms with Crippen LogP contribution in [0.3, 0.4) is 0 Å². The van der Waals surface area contributed by atoms with Gasteiger partial charge in [-0.15, -0.1) is 0 Å². The van der Waals surface area contributed by atoms with Crippen LogP contribution in [0.2, 0.25) is 0 Å². The summed E-state index contributed by atoms with van der Waals surface area (Å²) in [6, 6.07) is 5.80. The highest BCUT2D eigenvalue weighted by Crippen LogP contribution is 2.29. The second kappa shape index (κ2) is 5.41. The summed E-state index contributed by atoms with van der Waals surface area (Å²) >= 11 is 3.21. The summed E-state index contributed by atoms with van der Waals surface area (Å²) in [6.45, 7) is 10.6. The van der Waals surface area contributed by atoms with Crippen molar-refractivity contribution in [1.29, 1.82) is 0 Å². The zero-order chi connectivity index (χ0) is 14.2. The third kappa shape index (κ3) is 3.29. The van der Waals surface area contributed by atoms with Crippen molar-refractivity contribution in [1.82, 2.24) is 5.32 Å². The van der Waals surface area contributed by atoms with Crippen molar-refractivity contribution in [3.63, 3.8) is 0 Å². The summed E-state index contributed by atoms with van der Waals surface area (Å²) in [7, 11) is 0. The number of hydrogen-bond acceptors (Lipinski definition) is 2. The fourth-order valence-corrected chi connectivity index (χ4v) is 2.88. The molecule has 106 valence electrons. The van der Waals surface area contributed by atoms with Gasteiger partial charge in [0, 0.05) is 30.4 Å². The van der Waals surface area contributed by atoms with Crippen LogP contribution in [0.1, 0.15) is 27.7 Å². The van der Waals surface area contributed by atoms with Gasteiger partial charge in [0.05, 0.1) is 4.47 Å². The van der Waals surface area contributed by atoms with Crippen LogP contribution in [0, 0.1) is 11.7 Å². The Morgan fingerprint density at radius 1 is 1.42 bits per heavy atom. The number of rotatable bonds is 2. The average molecular weight is 329 g/mol. The summed E-state index contributed by atoms with van der Waals surface area (Å²) in [4.78, 5) is 2.33. The molecule has 4 heteroatoms. The van der Waals surface area contributed by atoms with Gasteiger partial charge in [0.1, 0.15) is 5.82 Å². The van der Waals surface area contributed by atoms with E-state index in [1.807, 2.05) is 6.07 Å². The highest BCUT2D eigenvalue weighted by atomic mass is 79.9. The topological polar surface area (TPSA) is 15.3 Å². The van der Waals surface area contributed by atoms with Gasteiger partial charge in [-0.25, -0.2) is 4.39 Å². The SMILES string of the molecule is CC(C)C1CNC(C)(C)CN1c1ccc(Br)c(F)c1. The van der Waals surface area contributed by atoms with E-state index < -0.39 is 0 Å². The van der Waals surface area contributed by atoms with Crippen LogP contribution < -0.4 is 10.2 Å². The Morgan fingerprint density at radius 3 is 2.68 bits per heavy atom. The van der Waals surface area contributed by atoms with E-state index in [4.69, 9.17) is 0 Å². The summed E-state index contributed by atoms with van der Waals surface area (Å²) in [5, 5.41) is 3.57. The maximum Gasteiger partial charge on any atom is 0.139 e. The van der Waals surface area contributed by atoms with E-state index in [2.05, 4.69) is 53.8 Å². The molecule has 0 radical (unpaired) electrons. The van der Waals surface area contributed by atoms with Gasteiger partial charge in [-0.3, -0.25) is 0 Å². The Morgan fingerprint density at radius 2 is 2.11 bits per heavy atom. The molecule has 1 aromatic carbocycles. The van der Waals surface area contributed by atoms with Crippen LogP contribution in [0.15, 0.2) is 22.7 Å². The molecule has 1 unspecified atom stereocenters. The molecular weight excluding hydrogens is 307 g/mol. The van der Waals surface area contributed by atoms with Gasteiger partial charge in [-0.1, -0.05) is 13.8 Å². The van der Waals surface area contributed by atoms with Gasteiger partial charge in [-0.2, -0.15) is 0 Å². The molecule has 2 rings (SSSR count). The highest BCUT2D eigenvalue weighted by Gasteiger charge is 2.34. The number of nitrogens with one attached hydrogen (secondary N) is 1. The fraction of sp³-hybridized carbons (Fsp3) is 0.600. The smallest absolute Gasteiger partial charge is 0.139 e. The van der Waals surface area contributed by atoms with Crippen molar-refractivity contribution < 1.29 is 4.39 Å². The predicted molar refractivity (Wildman–Crippen MR) is 82.2 cm³/mol. The second-order valence-corrected chi connectivity index (χ2v) is 7.16. The van der Waals surface area contributed by atoms with Crippen molar-refractivity contribution in [2.45, 2.75) is 39.3 Å². The molecule has 1 aliphatic heterocycles. The van der Waals surface area contributed by atoms with E-state index >= 15 is 0 Å². The molecule has 0 amide bonds. The van der Waals surface area contributed by atoms with E-state index in [-0.39, 0.29) is 11.4 Å². The first-order valence-electron chi connectivity index (χ1n) is 6.77. The molecule has 19 heavy (non-hydrogen) atoms. The van der Waals surface area contributed by atoms with E-state index in [1.54, 1.807) is 12.1 Å². The van der Waals surface area contributed by atoms with E-state index in [0.717, 1.165) is 18.8 Å². The lowest BCUT2D eigenvalue weighted by molar-refractivity contribution is 0.277. The summed E-state index contributed by atoms with van der Waals surface area (Å²) < 4.78 is 14.3. The number of benzene rings is 1. The molecule has 0 aliphatic carbocycles. The monoisotopic (exact) mass is 328 g/mol. The zero-order valence-corrected chi connectivity index (χ0v) is 13.6. The number of halogens is 2. The summed E-state index contributed by atoms with van der Waals surface area (Å²) in [5.74, 6) is 0.326. The van der Waals surface area contributed by atoms with Crippen molar-refractivity contribution in [3.8, 4) is 0 Å². The summed E-state index contributed by atoms with van der Waals surface area (Å²) in [5.41, 5.74) is 1.02. The number of nitrogens with zero attached hydrogens (tertiary/aromatic N) is 1. The van der Waals surface area contributed by atoms with Crippen molar-refractivity contribution in [2.75, 3.05) is 18.0 Å². The van der Waals surface area contributed by atoms with E-state index in [0.29, 0.717) is 16.4 Å². The molecule has 1 saturated heterocycles. The average Bonchev–Trinajstić information content (AvgIpc) is 2.31. The van der Waals surface area contributed by atoms with Crippen molar-refractivity contribution >= 4 is 21.6 Å². The first-order chi connectivity index (χ1) is 8.80. The van der Waals surface area contributed by atoms with Crippen LogP contribution in [0.4, 0.5) is 10.1 Å².